The van der Waals surface area contributed by atoms with Crippen molar-refractivity contribution in [2.45, 2.75) is 13.3 Å². The number of thiophene rings is 1. The van der Waals surface area contributed by atoms with Crippen molar-refractivity contribution < 1.29 is 9.59 Å². The zero-order valence-corrected chi connectivity index (χ0v) is 14.5. The topological polar surface area (TPSA) is 98.0 Å². The number of hydrogen-bond acceptors (Lipinski definition) is 7. The minimum Gasteiger partial charge on any atom is -0.369 e. The zero-order valence-electron chi connectivity index (χ0n) is 12.0. The first-order valence-electron chi connectivity index (χ1n) is 6.58. The molecule has 6 nitrogen and oxygen atoms in total. The third-order valence-electron chi connectivity index (χ3n) is 2.86. The molecule has 3 N–H and O–H groups in total. The summed E-state index contributed by atoms with van der Waals surface area (Å²) in [5.74, 6) is -0.699. The van der Waals surface area contributed by atoms with Crippen LogP contribution in [0, 0.1) is 6.92 Å². The summed E-state index contributed by atoms with van der Waals surface area (Å²) in [5.41, 5.74) is 6.37. The van der Waals surface area contributed by atoms with Crippen LogP contribution in [0.2, 0.25) is 0 Å². The number of nitrogens with one attached hydrogen (secondary N) is 1. The molecule has 0 saturated carbocycles. The molecule has 3 aromatic heterocycles. The first kappa shape index (κ1) is 15.8. The number of anilines is 1. The number of hydrogen-bond donors (Lipinski definition) is 2. The number of aryl methyl sites for hydroxylation is 1. The largest absolute Gasteiger partial charge is 0.369 e. The van der Waals surface area contributed by atoms with Gasteiger partial charge in [-0.15, -0.1) is 34.0 Å². The molecule has 0 aromatic carbocycles. The predicted molar refractivity (Wildman–Crippen MR) is 93.1 cm³/mol. The van der Waals surface area contributed by atoms with Gasteiger partial charge < -0.3 is 5.73 Å². The van der Waals surface area contributed by atoms with Gasteiger partial charge in [-0.05, 0) is 18.4 Å². The predicted octanol–water partition coefficient (Wildman–Crippen LogP) is 2.92. The van der Waals surface area contributed by atoms with Gasteiger partial charge in [0.15, 0.2) is 5.13 Å². The summed E-state index contributed by atoms with van der Waals surface area (Å²) in [5, 5.41) is 7.69. The van der Waals surface area contributed by atoms with E-state index in [0.29, 0.717) is 21.4 Å². The highest BCUT2D eigenvalue weighted by Crippen LogP contribution is 2.31. The van der Waals surface area contributed by atoms with Gasteiger partial charge in [-0.1, -0.05) is 6.07 Å². The van der Waals surface area contributed by atoms with Crippen molar-refractivity contribution >= 4 is 51.0 Å². The molecule has 23 heavy (non-hydrogen) atoms. The lowest BCUT2D eigenvalue weighted by Gasteiger charge is -1.99. The summed E-state index contributed by atoms with van der Waals surface area (Å²) in [6, 6.07) is 3.92. The summed E-state index contributed by atoms with van der Waals surface area (Å²) in [4.78, 5) is 33.5. The average molecular weight is 364 g/mol. The fraction of sp³-hybridized carbons (Fsp3) is 0.143. The first-order valence-corrected chi connectivity index (χ1v) is 9.16. The van der Waals surface area contributed by atoms with Crippen molar-refractivity contribution in [3.63, 3.8) is 0 Å². The third kappa shape index (κ3) is 3.63. The molecule has 3 heterocycles. The minimum atomic E-state index is -0.452. The van der Waals surface area contributed by atoms with Crippen LogP contribution in [-0.2, 0) is 11.2 Å². The molecule has 0 aliphatic heterocycles. The molecule has 3 aromatic rings. The van der Waals surface area contributed by atoms with Crippen LogP contribution in [0.4, 0.5) is 5.13 Å². The van der Waals surface area contributed by atoms with Crippen molar-refractivity contribution in [2.75, 3.05) is 5.32 Å². The van der Waals surface area contributed by atoms with Gasteiger partial charge in [-0.2, -0.15) is 0 Å². The smallest absolute Gasteiger partial charge is 0.269 e. The number of carbonyl (C=O) groups excluding carboxylic acids is 2. The van der Waals surface area contributed by atoms with Gasteiger partial charge in [-0.3, -0.25) is 14.9 Å². The van der Waals surface area contributed by atoms with E-state index in [-0.39, 0.29) is 12.3 Å². The van der Waals surface area contributed by atoms with E-state index < -0.39 is 5.91 Å². The highest BCUT2D eigenvalue weighted by atomic mass is 32.1. The Kier molecular flexibility index (Phi) is 4.51. The summed E-state index contributed by atoms with van der Waals surface area (Å²) in [6.07, 6.45) is 0.0640. The van der Waals surface area contributed by atoms with Crippen molar-refractivity contribution in [1.82, 2.24) is 9.97 Å². The standard InChI is InChI=1S/C14H12N4O2S3/c1-7-11(23-13(16-7)9-3-2-4-21-9)12(20)18-14-17-8(6-22-14)5-10(15)19/h2-4,6H,5H2,1H3,(H2,15,19)(H,17,18,20). The fourth-order valence-corrected chi connectivity index (χ4v) is 4.35. The SMILES string of the molecule is Cc1nc(-c2cccs2)sc1C(=O)Nc1nc(CC(N)=O)cs1. The van der Waals surface area contributed by atoms with E-state index in [4.69, 9.17) is 5.73 Å². The Balaban J connectivity index is 1.76. The second-order valence-corrected chi connectivity index (χ2v) is 7.46. The van der Waals surface area contributed by atoms with Gasteiger partial charge in [0.1, 0.15) is 9.88 Å². The molecule has 0 fully saturated rings. The van der Waals surface area contributed by atoms with Gasteiger partial charge in [0.25, 0.3) is 5.91 Å². The van der Waals surface area contributed by atoms with Crippen LogP contribution in [0.15, 0.2) is 22.9 Å². The highest BCUT2D eigenvalue weighted by Gasteiger charge is 2.18. The molecule has 0 spiro atoms. The molecule has 0 unspecified atom stereocenters. The molecule has 0 saturated heterocycles. The molecule has 9 heteroatoms. The molecule has 3 rings (SSSR count). The Morgan fingerprint density at radius 3 is 2.83 bits per heavy atom. The van der Waals surface area contributed by atoms with E-state index in [1.165, 1.54) is 22.7 Å². The molecule has 2 amide bonds. The van der Waals surface area contributed by atoms with E-state index in [2.05, 4.69) is 15.3 Å². The molecule has 118 valence electrons. The lowest BCUT2D eigenvalue weighted by atomic mass is 10.3. The summed E-state index contributed by atoms with van der Waals surface area (Å²) in [6.45, 7) is 1.81. The number of primary amides is 1. The van der Waals surface area contributed by atoms with Gasteiger partial charge in [0, 0.05) is 5.38 Å². The van der Waals surface area contributed by atoms with Crippen LogP contribution in [0.3, 0.4) is 0 Å². The maximum atomic E-state index is 12.4. The fourth-order valence-electron chi connectivity index (χ4n) is 1.89. The second-order valence-electron chi connectivity index (χ2n) is 4.65. The monoisotopic (exact) mass is 364 g/mol. The van der Waals surface area contributed by atoms with E-state index in [0.717, 1.165) is 9.88 Å². The molecule has 0 aliphatic rings. The molecular formula is C14H12N4O2S3. The average Bonchev–Trinajstić information content (AvgIpc) is 3.18. The number of nitrogens with two attached hydrogens (primary N) is 1. The number of amides is 2. The molecule has 0 radical (unpaired) electrons. The minimum absolute atomic E-state index is 0.0640. The van der Waals surface area contributed by atoms with Crippen LogP contribution in [-0.4, -0.2) is 21.8 Å². The summed E-state index contributed by atoms with van der Waals surface area (Å²) in [7, 11) is 0. The quantitative estimate of drug-likeness (QED) is 0.727. The molecular weight excluding hydrogens is 352 g/mol. The van der Waals surface area contributed by atoms with E-state index in [1.807, 2.05) is 24.4 Å². The third-order valence-corrected chi connectivity index (χ3v) is 5.86. The van der Waals surface area contributed by atoms with E-state index >= 15 is 0 Å². The summed E-state index contributed by atoms with van der Waals surface area (Å²) < 4.78 is 0. The van der Waals surface area contributed by atoms with Crippen molar-refractivity contribution in [2.24, 2.45) is 5.73 Å². The van der Waals surface area contributed by atoms with E-state index in [1.54, 1.807) is 16.7 Å². The molecule has 0 bridgehead atoms. The summed E-state index contributed by atoms with van der Waals surface area (Å²) >= 11 is 4.20. The zero-order chi connectivity index (χ0) is 16.4. The van der Waals surface area contributed by atoms with E-state index in [9.17, 15) is 9.59 Å². The lowest BCUT2D eigenvalue weighted by molar-refractivity contribution is -0.117. The number of nitrogens with zero attached hydrogens (tertiary/aromatic N) is 2. The van der Waals surface area contributed by atoms with Gasteiger partial charge in [-0.25, -0.2) is 9.97 Å². The number of rotatable bonds is 5. The molecule has 0 aliphatic carbocycles. The number of carbonyl (C=O) groups is 2. The number of thiazole rings is 2. The van der Waals surface area contributed by atoms with Gasteiger partial charge >= 0.3 is 0 Å². The second kappa shape index (κ2) is 6.57. The van der Waals surface area contributed by atoms with Crippen LogP contribution < -0.4 is 11.1 Å². The van der Waals surface area contributed by atoms with Gasteiger partial charge in [0.05, 0.1) is 22.7 Å². The Labute approximate surface area is 144 Å². The maximum Gasteiger partial charge on any atom is 0.269 e. The Morgan fingerprint density at radius 2 is 2.13 bits per heavy atom. The first-order chi connectivity index (χ1) is 11.0. The highest BCUT2D eigenvalue weighted by molar-refractivity contribution is 7.22. The van der Waals surface area contributed by atoms with Crippen molar-refractivity contribution in [1.29, 1.82) is 0 Å². The Hall–Kier alpha value is -2.10. The Morgan fingerprint density at radius 1 is 1.30 bits per heavy atom. The molecule has 0 atom stereocenters. The van der Waals surface area contributed by atoms with Crippen molar-refractivity contribution in [3.8, 4) is 9.88 Å². The van der Waals surface area contributed by atoms with Crippen LogP contribution in [0.5, 0.6) is 0 Å². The lowest BCUT2D eigenvalue weighted by Crippen LogP contribution is -2.14. The van der Waals surface area contributed by atoms with Gasteiger partial charge in [0.2, 0.25) is 5.91 Å². The normalized spacial score (nSPS) is 10.7. The van der Waals surface area contributed by atoms with Crippen LogP contribution >= 0.6 is 34.0 Å². The Bertz CT molecular complexity index is 851. The van der Waals surface area contributed by atoms with Crippen LogP contribution in [0.1, 0.15) is 21.1 Å². The maximum absolute atomic E-state index is 12.4. The number of aromatic nitrogens is 2. The van der Waals surface area contributed by atoms with Crippen molar-refractivity contribution in [3.05, 3.63) is 39.2 Å². The van der Waals surface area contributed by atoms with Crippen LogP contribution in [0.25, 0.3) is 9.88 Å².